The van der Waals surface area contributed by atoms with Gasteiger partial charge in [-0.25, -0.2) is 8.42 Å². The molecule has 25 heavy (non-hydrogen) atoms. The number of rotatable bonds is 5. The monoisotopic (exact) mass is 373 g/mol. The summed E-state index contributed by atoms with van der Waals surface area (Å²) in [4.78, 5) is 14.8. The maximum atomic E-state index is 13.0. The van der Waals surface area contributed by atoms with Gasteiger partial charge in [0, 0.05) is 18.1 Å². The molecule has 1 heterocycles. The molecule has 0 bridgehead atoms. The molecule has 1 aromatic heterocycles. The van der Waals surface area contributed by atoms with Gasteiger partial charge in [0.25, 0.3) is 0 Å². The lowest BCUT2D eigenvalue weighted by Gasteiger charge is -2.17. The van der Waals surface area contributed by atoms with Gasteiger partial charge in [0.1, 0.15) is 0 Å². The van der Waals surface area contributed by atoms with Gasteiger partial charge >= 0.3 is 6.18 Å². The first kappa shape index (κ1) is 18.9. The summed E-state index contributed by atoms with van der Waals surface area (Å²) >= 11 is 0. The Labute approximate surface area is 142 Å². The number of nitrogens with zero attached hydrogens (tertiary/aromatic N) is 1. The van der Waals surface area contributed by atoms with E-state index in [1.165, 1.54) is 37.5 Å². The molecule has 134 valence electrons. The van der Waals surface area contributed by atoms with Crippen LogP contribution in [0.5, 0.6) is 0 Å². The molecule has 1 atom stereocenters. The summed E-state index contributed by atoms with van der Waals surface area (Å²) in [6, 6.07) is 5.43. The molecule has 2 rings (SSSR count). The number of amides is 1. The Balaban J connectivity index is 2.20. The van der Waals surface area contributed by atoms with Crippen LogP contribution in [0.25, 0.3) is 0 Å². The molecule has 6 nitrogen and oxygen atoms in total. The van der Waals surface area contributed by atoms with Gasteiger partial charge in [-0.3, -0.25) is 9.78 Å². The summed E-state index contributed by atoms with van der Waals surface area (Å²) in [6.07, 6.45) is -2.00. The van der Waals surface area contributed by atoms with E-state index in [0.29, 0.717) is 11.8 Å². The van der Waals surface area contributed by atoms with E-state index < -0.39 is 38.6 Å². The molecule has 0 fully saturated rings. The second-order valence-corrected chi connectivity index (χ2v) is 6.74. The minimum atomic E-state index is -4.84. The van der Waals surface area contributed by atoms with Crippen LogP contribution in [0.15, 0.2) is 53.7 Å². The molecule has 2 N–H and O–H groups in total. The first-order valence-electron chi connectivity index (χ1n) is 7.01. The highest BCUT2D eigenvalue weighted by molar-refractivity contribution is 7.89. The number of anilines is 1. The van der Waals surface area contributed by atoms with Crippen LogP contribution in [-0.4, -0.2) is 25.4 Å². The minimum Gasteiger partial charge on any atom is -0.325 e. The number of pyridine rings is 1. The second kappa shape index (κ2) is 7.19. The fraction of sp³-hybridized carbons (Fsp3) is 0.200. The van der Waals surface area contributed by atoms with Crippen molar-refractivity contribution in [2.75, 3.05) is 5.32 Å². The Morgan fingerprint density at radius 2 is 1.72 bits per heavy atom. The highest BCUT2D eigenvalue weighted by atomic mass is 32.2. The largest absolute Gasteiger partial charge is 0.417 e. The Morgan fingerprint density at radius 3 is 2.32 bits per heavy atom. The standard InChI is InChI=1S/C15H14F3N3O3S/c1-10(14(22)20-11-6-8-19-9-7-11)21-25(23,24)13-5-3-2-4-12(13)15(16,17)18/h2-10,21H,1H3,(H,19,20,22)/t10-/m0/s1. The molecular weight excluding hydrogens is 359 g/mol. The number of benzene rings is 1. The minimum absolute atomic E-state index is 0.377. The van der Waals surface area contributed by atoms with E-state index in [-0.39, 0.29) is 0 Å². The topological polar surface area (TPSA) is 88.2 Å². The summed E-state index contributed by atoms with van der Waals surface area (Å²) in [5, 5.41) is 2.43. The average Bonchev–Trinajstić information content (AvgIpc) is 2.54. The molecule has 10 heteroatoms. The SMILES string of the molecule is C[C@H](NS(=O)(=O)c1ccccc1C(F)(F)F)C(=O)Nc1ccncc1. The van der Waals surface area contributed by atoms with Crippen LogP contribution in [-0.2, 0) is 21.0 Å². The number of carbonyl (C=O) groups excluding carboxylic acids is 1. The number of hydrogen-bond acceptors (Lipinski definition) is 4. The Bertz CT molecular complexity index is 855. The molecule has 0 spiro atoms. The Morgan fingerprint density at radius 1 is 1.12 bits per heavy atom. The first-order chi connectivity index (χ1) is 11.6. The lowest BCUT2D eigenvalue weighted by atomic mass is 10.2. The highest BCUT2D eigenvalue weighted by Crippen LogP contribution is 2.33. The molecule has 0 aliphatic rings. The Kier molecular flexibility index (Phi) is 5.43. The van der Waals surface area contributed by atoms with E-state index in [2.05, 4.69) is 10.3 Å². The van der Waals surface area contributed by atoms with Crippen LogP contribution in [0.4, 0.5) is 18.9 Å². The zero-order chi connectivity index (χ0) is 18.7. The average molecular weight is 373 g/mol. The van der Waals surface area contributed by atoms with Gasteiger partial charge in [-0.15, -0.1) is 0 Å². The van der Waals surface area contributed by atoms with Gasteiger partial charge in [-0.05, 0) is 31.2 Å². The maximum absolute atomic E-state index is 13.0. The molecule has 0 saturated carbocycles. The van der Waals surface area contributed by atoms with Crippen LogP contribution in [0.2, 0.25) is 0 Å². The van der Waals surface area contributed by atoms with Gasteiger partial charge < -0.3 is 5.32 Å². The van der Waals surface area contributed by atoms with E-state index in [1.54, 1.807) is 0 Å². The summed E-state index contributed by atoms with van der Waals surface area (Å²) in [6.45, 7) is 1.23. The number of hydrogen-bond donors (Lipinski definition) is 2. The lowest BCUT2D eigenvalue weighted by Crippen LogP contribution is -2.42. The number of carbonyl (C=O) groups is 1. The van der Waals surface area contributed by atoms with Gasteiger partial charge in [0.05, 0.1) is 16.5 Å². The van der Waals surface area contributed by atoms with E-state index in [0.717, 1.165) is 12.1 Å². The molecule has 1 amide bonds. The quantitative estimate of drug-likeness (QED) is 0.843. The second-order valence-electron chi connectivity index (χ2n) is 5.06. The molecule has 1 aromatic carbocycles. The Hall–Kier alpha value is -2.46. The number of sulfonamides is 1. The van der Waals surface area contributed by atoms with Gasteiger partial charge in [0.15, 0.2) is 0 Å². The number of aromatic nitrogens is 1. The van der Waals surface area contributed by atoms with Crippen molar-refractivity contribution >= 4 is 21.6 Å². The van der Waals surface area contributed by atoms with Crippen LogP contribution < -0.4 is 10.0 Å². The zero-order valence-corrected chi connectivity index (χ0v) is 13.7. The van der Waals surface area contributed by atoms with E-state index >= 15 is 0 Å². The molecule has 0 radical (unpaired) electrons. The van der Waals surface area contributed by atoms with Crippen LogP contribution >= 0.6 is 0 Å². The molecular formula is C15H14F3N3O3S. The summed E-state index contributed by atoms with van der Waals surface area (Å²) in [5.74, 6) is -0.723. The van der Waals surface area contributed by atoms with Crippen molar-refractivity contribution in [3.8, 4) is 0 Å². The first-order valence-corrected chi connectivity index (χ1v) is 8.49. The number of nitrogens with one attached hydrogen (secondary N) is 2. The normalized spacial score (nSPS) is 13.3. The number of halogens is 3. The highest BCUT2D eigenvalue weighted by Gasteiger charge is 2.37. The van der Waals surface area contributed by atoms with Crippen molar-refractivity contribution in [3.63, 3.8) is 0 Å². The van der Waals surface area contributed by atoms with Gasteiger partial charge in [0.2, 0.25) is 15.9 Å². The third-order valence-corrected chi connectivity index (χ3v) is 4.75. The summed E-state index contributed by atoms with van der Waals surface area (Å²) in [7, 11) is -4.55. The smallest absolute Gasteiger partial charge is 0.325 e. The van der Waals surface area contributed by atoms with Crippen molar-refractivity contribution < 1.29 is 26.4 Å². The fourth-order valence-electron chi connectivity index (χ4n) is 1.97. The predicted octanol–water partition coefficient (Wildman–Crippen LogP) is 2.41. The van der Waals surface area contributed by atoms with Crippen molar-refractivity contribution in [2.45, 2.75) is 24.0 Å². The van der Waals surface area contributed by atoms with Gasteiger partial charge in [-0.1, -0.05) is 12.1 Å². The summed E-state index contributed by atoms with van der Waals surface area (Å²) in [5.41, 5.74) is -0.925. The van der Waals surface area contributed by atoms with Crippen LogP contribution in [0.1, 0.15) is 12.5 Å². The maximum Gasteiger partial charge on any atom is 0.417 e. The third kappa shape index (κ3) is 4.77. The lowest BCUT2D eigenvalue weighted by molar-refractivity contribution is -0.139. The van der Waals surface area contributed by atoms with E-state index in [1.807, 2.05) is 4.72 Å². The molecule has 0 unspecified atom stereocenters. The van der Waals surface area contributed by atoms with Gasteiger partial charge in [-0.2, -0.15) is 17.9 Å². The van der Waals surface area contributed by atoms with Crippen LogP contribution in [0, 0.1) is 0 Å². The fourth-order valence-corrected chi connectivity index (χ4v) is 3.40. The van der Waals surface area contributed by atoms with E-state index in [4.69, 9.17) is 0 Å². The zero-order valence-electron chi connectivity index (χ0n) is 12.9. The third-order valence-electron chi connectivity index (χ3n) is 3.16. The molecule has 0 aliphatic carbocycles. The van der Waals surface area contributed by atoms with E-state index in [9.17, 15) is 26.4 Å². The predicted molar refractivity (Wildman–Crippen MR) is 84.1 cm³/mol. The summed E-state index contributed by atoms with van der Waals surface area (Å²) < 4.78 is 65.4. The number of alkyl halides is 3. The van der Waals surface area contributed by atoms with Crippen molar-refractivity contribution in [1.29, 1.82) is 0 Å². The molecule has 0 saturated heterocycles. The molecule has 2 aromatic rings. The van der Waals surface area contributed by atoms with Crippen molar-refractivity contribution in [1.82, 2.24) is 9.71 Å². The van der Waals surface area contributed by atoms with Crippen molar-refractivity contribution in [2.24, 2.45) is 0 Å². The van der Waals surface area contributed by atoms with Crippen LogP contribution in [0.3, 0.4) is 0 Å². The molecule has 0 aliphatic heterocycles. The van der Waals surface area contributed by atoms with Crippen molar-refractivity contribution in [3.05, 3.63) is 54.4 Å².